The van der Waals surface area contributed by atoms with Gasteiger partial charge in [-0.05, 0) is 45.0 Å². The summed E-state index contributed by atoms with van der Waals surface area (Å²) in [5, 5.41) is 9.87. The van der Waals surface area contributed by atoms with Crippen molar-refractivity contribution in [3.05, 3.63) is 52.8 Å². The van der Waals surface area contributed by atoms with E-state index in [1.165, 1.54) is 16.7 Å². The molecule has 0 aliphatic heterocycles. The molecule has 2 N–H and O–H groups in total. The number of H-pyrrole nitrogens is 1. The molecule has 0 saturated heterocycles. The average molecular weight is 300 g/mol. The van der Waals surface area contributed by atoms with Gasteiger partial charge in [0.25, 0.3) is 0 Å². The van der Waals surface area contributed by atoms with Crippen molar-refractivity contribution in [2.24, 2.45) is 0 Å². The number of aromatic nitrogens is 2. The fourth-order valence-corrected chi connectivity index (χ4v) is 2.56. The molecule has 0 fully saturated rings. The monoisotopic (exact) mass is 300 g/mol. The van der Waals surface area contributed by atoms with Gasteiger partial charge in [0.2, 0.25) is 5.91 Å². The molecule has 1 aromatic carbocycles. The Hall–Kier alpha value is -2.14. The van der Waals surface area contributed by atoms with Crippen molar-refractivity contribution in [3.8, 4) is 0 Å². The summed E-state index contributed by atoms with van der Waals surface area (Å²) in [6, 6.07) is 8.23. The third kappa shape index (κ3) is 4.43. The van der Waals surface area contributed by atoms with Gasteiger partial charge in [0.1, 0.15) is 0 Å². The number of aryl methyl sites for hydroxylation is 2. The topological polar surface area (TPSA) is 61.0 Å². The van der Waals surface area contributed by atoms with E-state index >= 15 is 0 Å². The molecule has 1 heterocycles. The van der Waals surface area contributed by atoms with Gasteiger partial charge in [-0.15, -0.1) is 0 Å². The maximum Gasteiger partial charge on any atom is 0.234 e. The first-order valence-electron chi connectivity index (χ1n) is 7.49. The Morgan fingerprint density at radius 1 is 1.36 bits per heavy atom. The van der Waals surface area contributed by atoms with E-state index in [4.69, 9.17) is 0 Å². The Bertz CT molecular complexity index is 622. The molecule has 118 valence electrons. The van der Waals surface area contributed by atoms with Crippen LogP contribution in [-0.4, -0.2) is 34.6 Å². The highest BCUT2D eigenvalue weighted by Crippen LogP contribution is 2.18. The molecular formula is C17H24N4O. The Morgan fingerprint density at radius 2 is 2.14 bits per heavy atom. The lowest BCUT2D eigenvalue weighted by atomic mass is 10.00. The van der Waals surface area contributed by atoms with Crippen molar-refractivity contribution < 1.29 is 4.79 Å². The predicted octanol–water partition coefficient (Wildman–Crippen LogP) is 2.34. The second-order valence-corrected chi connectivity index (χ2v) is 5.90. The summed E-state index contributed by atoms with van der Waals surface area (Å²) in [5.41, 5.74) is 4.57. The zero-order valence-corrected chi connectivity index (χ0v) is 13.7. The van der Waals surface area contributed by atoms with Crippen molar-refractivity contribution in [2.75, 3.05) is 13.6 Å². The molecular weight excluding hydrogens is 276 g/mol. The molecule has 2 rings (SSSR count). The average Bonchev–Trinajstić information content (AvgIpc) is 2.93. The molecule has 22 heavy (non-hydrogen) atoms. The number of carbonyl (C=O) groups is 1. The highest BCUT2D eigenvalue weighted by Gasteiger charge is 2.13. The Kier molecular flexibility index (Phi) is 5.33. The summed E-state index contributed by atoms with van der Waals surface area (Å²) in [6.07, 6.45) is 1.71. The van der Waals surface area contributed by atoms with Crippen LogP contribution in [0.4, 0.5) is 0 Å². The first-order chi connectivity index (χ1) is 10.5. The van der Waals surface area contributed by atoms with E-state index in [0.717, 1.165) is 5.69 Å². The lowest BCUT2D eigenvalue weighted by molar-refractivity contribution is -0.122. The number of rotatable bonds is 6. The largest absolute Gasteiger partial charge is 0.348 e. The Balaban J connectivity index is 1.89. The summed E-state index contributed by atoms with van der Waals surface area (Å²) in [4.78, 5) is 14.1. The summed E-state index contributed by atoms with van der Waals surface area (Å²) in [7, 11) is 1.92. The van der Waals surface area contributed by atoms with E-state index in [0.29, 0.717) is 13.1 Å². The number of nitrogens with one attached hydrogen (secondary N) is 2. The molecule has 5 heteroatoms. The molecule has 0 radical (unpaired) electrons. The molecule has 1 aromatic heterocycles. The number of aromatic amines is 1. The number of likely N-dealkylation sites (N-methyl/N-ethyl adjacent to an activating group) is 1. The quantitative estimate of drug-likeness (QED) is 0.861. The van der Waals surface area contributed by atoms with Crippen molar-refractivity contribution in [1.29, 1.82) is 0 Å². The van der Waals surface area contributed by atoms with Crippen LogP contribution in [0, 0.1) is 13.8 Å². The maximum absolute atomic E-state index is 12.2. The van der Waals surface area contributed by atoms with Crippen molar-refractivity contribution in [2.45, 2.75) is 33.4 Å². The standard InChI is InChI=1S/C17H24N4O/c1-12-5-6-13(2)16(9-12)14(3)19-17(22)11-21(4)10-15-7-8-18-20-15/h5-9,14H,10-11H2,1-4H3,(H,18,20)(H,19,22). The lowest BCUT2D eigenvalue weighted by Gasteiger charge is -2.20. The molecule has 1 unspecified atom stereocenters. The van der Waals surface area contributed by atoms with Gasteiger partial charge >= 0.3 is 0 Å². The van der Waals surface area contributed by atoms with E-state index < -0.39 is 0 Å². The minimum absolute atomic E-state index is 0.00737. The van der Waals surface area contributed by atoms with Crippen LogP contribution in [0.2, 0.25) is 0 Å². The zero-order valence-electron chi connectivity index (χ0n) is 13.7. The van der Waals surface area contributed by atoms with Crippen LogP contribution in [0.1, 0.15) is 35.3 Å². The Morgan fingerprint density at radius 3 is 2.82 bits per heavy atom. The van der Waals surface area contributed by atoms with Gasteiger partial charge in [-0.25, -0.2) is 0 Å². The van der Waals surface area contributed by atoms with Crippen LogP contribution in [0.5, 0.6) is 0 Å². The smallest absolute Gasteiger partial charge is 0.234 e. The summed E-state index contributed by atoms with van der Waals surface area (Å²) in [5.74, 6) is 0.0235. The van der Waals surface area contributed by atoms with Gasteiger partial charge in [0, 0.05) is 18.4 Å². The van der Waals surface area contributed by atoms with Crippen LogP contribution in [0.25, 0.3) is 0 Å². The third-order valence-corrected chi connectivity index (χ3v) is 3.69. The van der Waals surface area contributed by atoms with Crippen LogP contribution in [-0.2, 0) is 11.3 Å². The number of hydrogen-bond acceptors (Lipinski definition) is 3. The second-order valence-electron chi connectivity index (χ2n) is 5.90. The maximum atomic E-state index is 12.2. The van der Waals surface area contributed by atoms with Gasteiger partial charge in [-0.1, -0.05) is 23.8 Å². The lowest BCUT2D eigenvalue weighted by Crippen LogP contribution is -2.36. The number of nitrogens with zero attached hydrogens (tertiary/aromatic N) is 2. The van der Waals surface area contributed by atoms with E-state index in [9.17, 15) is 4.79 Å². The van der Waals surface area contributed by atoms with Gasteiger partial charge < -0.3 is 5.32 Å². The Labute approximate surface area is 131 Å². The van der Waals surface area contributed by atoms with E-state index in [1.807, 2.05) is 24.9 Å². The molecule has 0 spiro atoms. The van der Waals surface area contributed by atoms with Crippen LogP contribution in [0.3, 0.4) is 0 Å². The molecule has 2 aromatic rings. The van der Waals surface area contributed by atoms with Crippen LogP contribution < -0.4 is 5.32 Å². The second kappa shape index (κ2) is 7.22. The minimum Gasteiger partial charge on any atom is -0.348 e. The van der Waals surface area contributed by atoms with Gasteiger partial charge in [0.05, 0.1) is 12.6 Å². The number of hydrogen-bond donors (Lipinski definition) is 2. The van der Waals surface area contributed by atoms with Crippen molar-refractivity contribution in [3.63, 3.8) is 0 Å². The number of carbonyl (C=O) groups excluding carboxylic acids is 1. The molecule has 0 saturated carbocycles. The zero-order chi connectivity index (χ0) is 16.1. The SMILES string of the molecule is Cc1ccc(C)c(C(C)NC(=O)CN(C)Cc2ccn[nH]2)c1. The fraction of sp³-hybridized carbons (Fsp3) is 0.412. The highest BCUT2D eigenvalue weighted by molar-refractivity contribution is 5.78. The van der Waals surface area contributed by atoms with Crippen LogP contribution in [0.15, 0.2) is 30.5 Å². The first-order valence-corrected chi connectivity index (χ1v) is 7.49. The van der Waals surface area contributed by atoms with Crippen molar-refractivity contribution >= 4 is 5.91 Å². The minimum atomic E-state index is 0.00737. The molecule has 5 nitrogen and oxygen atoms in total. The van der Waals surface area contributed by atoms with E-state index in [2.05, 4.69) is 47.6 Å². The molecule has 0 aliphatic carbocycles. The normalized spacial score (nSPS) is 12.4. The van der Waals surface area contributed by atoms with Crippen LogP contribution >= 0.6 is 0 Å². The third-order valence-electron chi connectivity index (χ3n) is 3.69. The first kappa shape index (κ1) is 16.2. The molecule has 0 bridgehead atoms. The van der Waals surface area contributed by atoms with Crippen molar-refractivity contribution in [1.82, 2.24) is 20.4 Å². The molecule has 1 atom stereocenters. The highest BCUT2D eigenvalue weighted by atomic mass is 16.2. The summed E-state index contributed by atoms with van der Waals surface area (Å²) in [6.45, 7) is 7.19. The number of amides is 1. The van der Waals surface area contributed by atoms with Gasteiger partial charge in [-0.3, -0.25) is 14.8 Å². The molecule has 0 aliphatic rings. The predicted molar refractivity (Wildman–Crippen MR) is 87.4 cm³/mol. The van der Waals surface area contributed by atoms with E-state index in [1.54, 1.807) is 6.20 Å². The van der Waals surface area contributed by atoms with Gasteiger partial charge in [0.15, 0.2) is 0 Å². The summed E-state index contributed by atoms with van der Waals surface area (Å²) >= 11 is 0. The summed E-state index contributed by atoms with van der Waals surface area (Å²) < 4.78 is 0. The van der Waals surface area contributed by atoms with Gasteiger partial charge in [-0.2, -0.15) is 5.10 Å². The number of benzene rings is 1. The molecule has 1 amide bonds. The van der Waals surface area contributed by atoms with E-state index in [-0.39, 0.29) is 11.9 Å². The fourth-order valence-electron chi connectivity index (χ4n) is 2.56.